The summed E-state index contributed by atoms with van der Waals surface area (Å²) in [7, 11) is -1.49. The molecule has 2 N–H and O–H groups in total. The quantitative estimate of drug-likeness (QED) is 0.474. The van der Waals surface area contributed by atoms with E-state index in [2.05, 4.69) is 10.0 Å². The molecule has 3 aromatic rings. The second kappa shape index (κ2) is 10.4. The van der Waals surface area contributed by atoms with Gasteiger partial charge in [-0.2, -0.15) is 0 Å². The minimum absolute atomic E-state index is 0.0300. The smallest absolute Gasteiger partial charge is 0.339 e. The summed E-state index contributed by atoms with van der Waals surface area (Å²) in [5, 5.41) is 2.61. The third-order valence-corrected chi connectivity index (χ3v) is 6.63. The van der Waals surface area contributed by atoms with Crippen LogP contribution in [0.3, 0.4) is 0 Å². The number of anilines is 2. The maximum atomic E-state index is 13.1. The number of nitrogens with one attached hydrogen (secondary N) is 2. The number of carbonyl (C=O) groups is 3. The number of sulfonamides is 1. The van der Waals surface area contributed by atoms with E-state index in [-0.39, 0.29) is 33.0 Å². The van der Waals surface area contributed by atoms with Crippen LogP contribution in [0, 0.1) is 13.8 Å². The van der Waals surface area contributed by atoms with Crippen molar-refractivity contribution in [1.29, 1.82) is 0 Å². The Labute approximate surface area is 203 Å². The first-order chi connectivity index (χ1) is 16.6. The van der Waals surface area contributed by atoms with E-state index < -0.39 is 27.9 Å². The summed E-state index contributed by atoms with van der Waals surface area (Å²) in [4.78, 5) is 37.3. The highest BCUT2D eigenvalue weighted by molar-refractivity contribution is 7.92. The lowest BCUT2D eigenvalue weighted by atomic mass is 10.0. The summed E-state index contributed by atoms with van der Waals surface area (Å²) >= 11 is 0. The second-order valence-electron chi connectivity index (χ2n) is 7.59. The van der Waals surface area contributed by atoms with Gasteiger partial charge in [-0.25, -0.2) is 18.0 Å². The summed E-state index contributed by atoms with van der Waals surface area (Å²) in [6.07, 6.45) is 0. The van der Waals surface area contributed by atoms with Crippen LogP contribution in [0.5, 0.6) is 0 Å². The number of carbonyl (C=O) groups excluding carboxylic acids is 3. The number of rotatable bonds is 7. The molecule has 0 saturated carbocycles. The summed E-state index contributed by atoms with van der Waals surface area (Å²) in [6.45, 7) is 3.44. The molecule has 3 aromatic carbocycles. The number of hydrogen-bond acceptors (Lipinski definition) is 7. The van der Waals surface area contributed by atoms with Gasteiger partial charge in [0.1, 0.15) is 0 Å². The van der Waals surface area contributed by atoms with Crippen LogP contribution in [0.1, 0.15) is 42.2 Å². The molecule has 9 nitrogen and oxygen atoms in total. The third-order valence-electron chi connectivity index (χ3n) is 5.25. The lowest BCUT2D eigenvalue weighted by Crippen LogP contribution is -2.19. The number of aryl methyl sites for hydroxylation is 1. The monoisotopic (exact) mass is 496 g/mol. The Hall–Kier alpha value is -4.18. The van der Waals surface area contributed by atoms with Crippen LogP contribution in [-0.4, -0.2) is 40.5 Å². The molecule has 0 aliphatic carbocycles. The first-order valence-electron chi connectivity index (χ1n) is 10.4. The average molecular weight is 497 g/mol. The average Bonchev–Trinajstić information content (AvgIpc) is 2.84. The van der Waals surface area contributed by atoms with Crippen molar-refractivity contribution in [3.05, 3.63) is 88.5 Å². The molecule has 35 heavy (non-hydrogen) atoms. The standard InChI is InChI=1S/C25H24N2O7S/c1-15-8-11-18(12-9-15)35(31,32)27-21-7-5-6-19(16(21)2)23(28)26-22-14-17(24(29)33-3)10-13-20(22)25(30)34-4/h5-14,27H,1-4H3,(H,26,28). The Morgan fingerprint density at radius 1 is 0.771 bits per heavy atom. The second-order valence-corrected chi connectivity index (χ2v) is 9.28. The first kappa shape index (κ1) is 25.4. The molecule has 3 rings (SSSR count). The SMILES string of the molecule is COC(=O)c1ccc(C(=O)OC)c(NC(=O)c2cccc(NS(=O)(=O)c3ccc(C)cc3)c2C)c1. The van der Waals surface area contributed by atoms with E-state index in [1.165, 1.54) is 62.8 Å². The Kier molecular flexibility index (Phi) is 7.55. The lowest BCUT2D eigenvalue weighted by Gasteiger charge is -2.15. The van der Waals surface area contributed by atoms with E-state index in [4.69, 9.17) is 9.47 Å². The molecule has 0 atom stereocenters. The number of esters is 2. The van der Waals surface area contributed by atoms with Crippen LogP contribution >= 0.6 is 0 Å². The zero-order valence-corrected chi connectivity index (χ0v) is 20.4. The molecule has 0 unspecified atom stereocenters. The van der Waals surface area contributed by atoms with Gasteiger partial charge in [-0.15, -0.1) is 0 Å². The number of methoxy groups -OCH3 is 2. The fraction of sp³-hybridized carbons (Fsp3) is 0.160. The summed E-state index contributed by atoms with van der Waals surface area (Å²) in [5.74, 6) is -1.99. The van der Waals surface area contributed by atoms with Crippen molar-refractivity contribution in [2.75, 3.05) is 24.3 Å². The number of amides is 1. The molecular formula is C25H24N2O7S. The lowest BCUT2D eigenvalue weighted by molar-refractivity contribution is 0.0587. The van der Waals surface area contributed by atoms with Crippen molar-refractivity contribution in [2.24, 2.45) is 0 Å². The van der Waals surface area contributed by atoms with Crippen LogP contribution in [0.4, 0.5) is 11.4 Å². The van der Waals surface area contributed by atoms with Crippen molar-refractivity contribution in [1.82, 2.24) is 0 Å². The summed E-state index contributed by atoms with van der Waals surface area (Å²) in [6, 6.07) is 15.0. The third kappa shape index (κ3) is 5.67. The largest absolute Gasteiger partial charge is 0.465 e. The van der Waals surface area contributed by atoms with Crippen LogP contribution < -0.4 is 10.0 Å². The molecule has 0 fully saturated rings. The molecule has 0 radical (unpaired) electrons. The van der Waals surface area contributed by atoms with Crippen LogP contribution in [0.15, 0.2) is 65.6 Å². The molecule has 0 saturated heterocycles. The van der Waals surface area contributed by atoms with Crippen LogP contribution in [0.2, 0.25) is 0 Å². The molecule has 10 heteroatoms. The van der Waals surface area contributed by atoms with Gasteiger partial charge in [0.05, 0.1) is 41.6 Å². The molecule has 0 aliphatic rings. The Balaban J connectivity index is 1.94. The van der Waals surface area contributed by atoms with E-state index in [9.17, 15) is 22.8 Å². The van der Waals surface area contributed by atoms with Gasteiger partial charge in [0.15, 0.2) is 0 Å². The number of hydrogen-bond donors (Lipinski definition) is 2. The normalized spacial score (nSPS) is 10.9. The maximum Gasteiger partial charge on any atom is 0.339 e. The Morgan fingerprint density at radius 3 is 2.06 bits per heavy atom. The maximum absolute atomic E-state index is 13.1. The van der Waals surface area contributed by atoms with E-state index >= 15 is 0 Å². The van der Waals surface area contributed by atoms with Crippen molar-refractivity contribution < 1.29 is 32.3 Å². The molecule has 182 valence electrons. The molecule has 0 spiro atoms. The topological polar surface area (TPSA) is 128 Å². The van der Waals surface area contributed by atoms with Gasteiger partial charge in [0.25, 0.3) is 15.9 Å². The predicted molar refractivity (Wildman–Crippen MR) is 130 cm³/mol. The minimum atomic E-state index is -3.89. The van der Waals surface area contributed by atoms with Gasteiger partial charge in [0.2, 0.25) is 0 Å². The zero-order chi connectivity index (χ0) is 25.8. The van der Waals surface area contributed by atoms with Crippen molar-refractivity contribution in [3.63, 3.8) is 0 Å². The molecular weight excluding hydrogens is 472 g/mol. The van der Waals surface area contributed by atoms with E-state index in [0.29, 0.717) is 5.56 Å². The van der Waals surface area contributed by atoms with Gasteiger partial charge in [-0.3, -0.25) is 9.52 Å². The molecule has 0 aliphatic heterocycles. The minimum Gasteiger partial charge on any atom is -0.465 e. The summed E-state index contributed by atoms with van der Waals surface area (Å²) in [5.41, 5.74) is 1.85. The Morgan fingerprint density at radius 2 is 1.43 bits per heavy atom. The highest BCUT2D eigenvalue weighted by Gasteiger charge is 2.21. The van der Waals surface area contributed by atoms with Gasteiger partial charge in [0, 0.05) is 5.56 Å². The van der Waals surface area contributed by atoms with Gasteiger partial charge in [-0.05, 0) is 61.9 Å². The van der Waals surface area contributed by atoms with Gasteiger partial charge in [-0.1, -0.05) is 23.8 Å². The van der Waals surface area contributed by atoms with Crippen LogP contribution in [0.25, 0.3) is 0 Å². The van der Waals surface area contributed by atoms with Gasteiger partial charge < -0.3 is 14.8 Å². The van der Waals surface area contributed by atoms with Gasteiger partial charge >= 0.3 is 11.9 Å². The van der Waals surface area contributed by atoms with Crippen molar-refractivity contribution >= 4 is 39.2 Å². The number of ether oxygens (including phenoxy) is 2. The number of benzene rings is 3. The van der Waals surface area contributed by atoms with E-state index in [1.54, 1.807) is 19.1 Å². The predicted octanol–water partition coefficient (Wildman–Crippen LogP) is 3.93. The van der Waals surface area contributed by atoms with Crippen molar-refractivity contribution in [3.8, 4) is 0 Å². The molecule has 0 aromatic heterocycles. The zero-order valence-electron chi connectivity index (χ0n) is 19.5. The Bertz CT molecular complexity index is 1400. The molecule has 0 heterocycles. The van der Waals surface area contributed by atoms with Crippen LogP contribution in [-0.2, 0) is 19.5 Å². The summed E-state index contributed by atoms with van der Waals surface area (Å²) < 4.78 is 37.6. The highest BCUT2D eigenvalue weighted by Crippen LogP contribution is 2.25. The van der Waals surface area contributed by atoms with E-state index in [0.717, 1.165) is 5.56 Å². The molecule has 0 bridgehead atoms. The highest BCUT2D eigenvalue weighted by atomic mass is 32.2. The molecule has 1 amide bonds. The first-order valence-corrected chi connectivity index (χ1v) is 11.9. The van der Waals surface area contributed by atoms with E-state index in [1.807, 2.05) is 6.92 Å². The fourth-order valence-electron chi connectivity index (χ4n) is 3.28. The fourth-order valence-corrected chi connectivity index (χ4v) is 4.41. The van der Waals surface area contributed by atoms with Crippen molar-refractivity contribution in [2.45, 2.75) is 18.7 Å².